The second-order valence-electron chi connectivity index (χ2n) is 12.1. The number of rotatable bonds is 6. The van der Waals surface area contributed by atoms with Crippen LogP contribution in [0.1, 0.15) is 68.5 Å². The van der Waals surface area contributed by atoms with Gasteiger partial charge in [0.2, 0.25) is 0 Å². The lowest BCUT2D eigenvalue weighted by Gasteiger charge is -2.29. The van der Waals surface area contributed by atoms with Gasteiger partial charge in [-0.2, -0.15) is 0 Å². The molecule has 0 amide bonds. The maximum atomic E-state index is 15.6. The van der Waals surface area contributed by atoms with Crippen LogP contribution in [0, 0.1) is 19.7 Å². The zero-order valence-corrected chi connectivity index (χ0v) is 24.9. The first kappa shape index (κ1) is 28.1. The molecular weight excluding hydrogens is 541 g/mol. The van der Waals surface area contributed by atoms with E-state index in [1.54, 1.807) is 27.7 Å². The quantitative estimate of drug-likeness (QED) is 0.298. The predicted octanol–water partition coefficient (Wildman–Crippen LogP) is 5.91. The van der Waals surface area contributed by atoms with Gasteiger partial charge in [-0.25, -0.2) is 14.2 Å². The van der Waals surface area contributed by atoms with E-state index >= 15 is 4.39 Å². The first-order valence-electron chi connectivity index (χ1n) is 14.4. The van der Waals surface area contributed by atoms with Gasteiger partial charge in [0.25, 0.3) is 5.89 Å². The van der Waals surface area contributed by atoms with E-state index in [4.69, 9.17) is 18.9 Å². The molecule has 2 aliphatic rings. The Morgan fingerprint density at radius 1 is 1.14 bits per heavy atom. The van der Waals surface area contributed by atoms with E-state index in [2.05, 4.69) is 15.1 Å². The van der Waals surface area contributed by atoms with Crippen LogP contribution in [-0.2, 0) is 23.0 Å². The third-order valence-corrected chi connectivity index (χ3v) is 8.08. The van der Waals surface area contributed by atoms with Crippen molar-refractivity contribution >= 4 is 23.0 Å². The Morgan fingerprint density at radius 3 is 2.57 bits per heavy atom. The van der Waals surface area contributed by atoms with Crippen LogP contribution in [0.5, 0.6) is 5.75 Å². The van der Waals surface area contributed by atoms with Crippen molar-refractivity contribution in [3.05, 3.63) is 40.3 Å². The van der Waals surface area contributed by atoms with E-state index in [9.17, 15) is 9.90 Å². The van der Waals surface area contributed by atoms with Crippen molar-refractivity contribution in [3.8, 4) is 28.5 Å². The molecule has 1 saturated heterocycles. The Hall–Kier alpha value is -3.99. The lowest BCUT2D eigenvalue weighted by molar-refractivity contribution is -0.160. The zero-order valence-electron chi connectivity index (χ0n) is 24.9. The van der Waals surface area contributed by atoms with Crippen LogP contribution in [0.3, 0.4) is 0 Å². The number of carbonyl (C=O) groups is 1. The maximum absolute atomic E-state index is 15.6. The van der Waals surface area contributed by atoms with Crippen LogP contribution in [0.2, 0.25) is 0 Å². The molecule has 1 fully saturated rings. The van der Waals surface area contributed by atoms with Crippen molar-refractivity contribution < 1.29 is 28.2 Å². The fourth-order valence-corrected chi connectivity index (χ4v) is 6.13. The monoisotopic (exact) mass is 577 g/mol. The number of pyridine rings is 1. The van der Waals surface area contributed by atoms with Gasteiger partial charge in [-0.1, -0.05) is 5.10 Å². The smallest absolute Gasteiger partial charge is 0.337 e. The summed E-state index contributed by atoms with van der Waals surface area (Å²) in [4.78, 5) is 19.7. The second kappa shape index (κ2) is 10.4. The van der Waals surface area contributed by atoms with Crippen LogP contribution in [0.15, 0.2) is 16.5 Å². The highest BCUT2D eigenvalue weighted by molar-refractivity contribution is 6.01. The van der Waals surface area contributed by atoms with Crippen molar-refractivity contribution in [1.29, 1.82) is 0 Å². The fourth-order valence-electron chi connectivity index (χ4n) is 6.13. The topological polar surface area (TPSA) is 116 Å². The second-order valence-corrected chi connectivity index (χ2v) is 12.1. The number of aryl methyl sites for hydroxylation is 2. The summed E-state index contributed by atoms with van der Waals surface area (Å²) in [6.07, 6.45) is 2.23. The fraction of sp³-hybridized carbons (Fsp3) is 0.484. The molecule has 0 spiro atoms. The molecule has 222 valence electrons. The summed E-state index contributed by atoms with van der Waals surface area (Å²) in [5, 5.41) is 19.7. The first-order chi connectivity index (χ1) is 19.9. The van der Waals surface area contributed by atoms with Gasteiger partial charge in [-0.15, -0.1) is 5.10 Å². The number of fused-ring (bicyclic) bond motifs is 2. The van der Waals surface area contributed by atoms with E-state index in [1.165, 1.54) is 6.07 Å². The number of benzene rings is 1. The number of aromatic nitrogens is 4. The van der Waals surface area contributed by atoms with Gasteiger partial charge in [0.15, 0.2) is 17.7 Å². The predicted molar refractivity (Wildman–Crippen MR) is 155 cm³/mol. The van der Waals surface area contributed by atoms with E-state index in [0.29, 0.717) is 64.0 Å². The Morgan fingerprint density at radius 2 is 1.88 bits per heavy atom. The standard InChI is InChI=1S/C31H36FN5O5/c1-16-18-10-9-13-40-25(18)21(32)14-19(16)24-20-15-22(28-34-35-30(41-28)37-11-7-8-12-37)36(6)27(20)33-17(2)23(24)26(29(38)39)42-31(3,4)5/h14-15,26H,7-13H2,1-6H3,(H,38,39)/t26-/m0/s1. The maximum Gasteiger partial charge on any atom is 0.337 e. The molecule has 42 heavy (non-hydrogen) atoms. The number of nitrogens with zero attached hydrogens (tertiary/aromatic N) is 5. The summed E-state index contributed by atoms with van der Waals surface area (Å²) in [7, 11) is 1.85. The molecule has 6 rings (SSSR count). The molecule has 11 heteroatoms. The minimum atomic E-state index is -1.35. The van der Waals surface area contributed by atoms with Crippen molar-refractivity contribution in [2.75, 3.05) is 24.6 Å². The van der Waals surface area contributed by atoms with Gasteiger partial charge in [0, 0.05) is 47.9 Å². The largest absolute Gasteiger partial charge is 0.490 e. The number of hydrogen-bond donors (Lipinski definition) is 1. The van der Waals surface area contributed by atoms with Crippen LogP contribution in [-0.4, -0.2) is 56.1 Å². The summed E-state index contributed by atoms with van der Waals surface area (Å²) in [6.45, 7) is 11.3. The highest BCUT2D eigenvalue weighted by Crippen LogP contribution is 2.45. The number of anilines is 1. The van der Waals surface area contributed by atoms with Crippen LogP contribution < -0.4 is 9.64 Å². The van der Waals surface area contributed by atoms with E-state index < -0.39 is 23.5 Å². The summed E-state index contributed by atoms with van der Waals surface area (Å²) < 4.78 is 35.4. The minimum Gasteiger partial charge on any atom is -0.490 e. The van der Waals surface area contributed by atoms with Gasteiger partial charge in [0.1, 0.15) is 11.3 Å². The van der Waals surface area contributed by atoms with Gasteiger partial charge in [-0.05, 0) is 83.6 Å². The molecular formula is C31H36FN5O5. The Bertz CT molecular complexity index is 1700. The summed E-state index contributed by atoms with van der Waals surface area (Å²) in [5.41, 5.74) is 4.03. The van der Waals surface area contributed by atoms with Gasteiger partial charge in [0.05, 0.1) is 12.2 Å². The molecule has 1 N–H and O–H groups in total. The molecule has 0 radical (unpaired) electrons. The number of hydrogen-bond acceptors (Lipinski definition) is 8. The average Bonchev–Trinajstić information content (AvgIpc) is 3.69. The third-order valence-electron chi connectivity index (χ3n) is 8.08. The van der Waals surface area contributed by atoms with Crippen LogP contribution in [0.25, 0.3) is 33.7 Å². The number of ether oxygens (including phenoxy) is 2. The molecule has 3 aromatic heterocycles. The van der Waals surface area contributed by atoms with E-state index in [0.717, 1.165) is 43.5 Å². The lowest BCUT2D eigenvalue weighted by Crippen LogP contribution is -2.28. The molecule has 0 bridgehead atoms. The van der Waals surface area contributed by atoms with Crippen LogP contribution in [0.4, 0.5) is 10.4 Å². The molecule has 0 saturated carbocycles. The average molecular weight is 578 g/mol. The van der Waals surface area contributed by atoms with E-state index in [1.807, 2.05) is 24.6 Å². The number of carboxylic acid groups (broad SMARTS) is 1. The Labute approximate surface area is 243 Å². The van der Waals surface area contributed by atoms with Crippen LogP contribution >= 0.6 is 0 Å². The highest BCUT2D eigenvalue weighted by Gasteiger charge is 2.35. The van der Waals surface area contributed by atoms with Crippen molar-refractivity contribution in [2.24, 2.45) is 7.05 Å². The molecule has 1 aromatic carbocycles. The molecule has 4 aromatic rings. The molecule has 10 nitrogen and oxygen atoms in total. The van der Waals surface area contributed by atoms with Crippen molar-refractivity contribution in [3.63, 3.8) is 0 Å². The Kier molecular flexibility index (Phi) is 6.95. The Balaban J connectivity index is 1.64. The zero-order chi connectivity index (χ0) is 29.9. The first-order valence-corrected chi connectivity index (χ1v) is 14.4. The van der Waals surface area contributed by atoms with Gasteiger partial charge < -0.3 is 28.5 Å². The number of aliphatic carboxylic acids is 1. The summed E-state index contributed by atoms with van der Waals surface area (Å²) >= 11 is 0. The van der Waals surface area contributed by atoms with Gasteiger partial charge >= 0.3 is 12.0 Å². The molecule has 0 unspecified atom stereocenters. The van der Waals surface area contributed by atoms with E-state index in [-0.39, 0.29) is 5.75 Å². The van der Waals surface area contributed by atoms with Gasteiger partial charge in [-0.3, -0.25) is 0 Å². The van der Waals surface area contributed by atoms with Crippen molar-refractivity contribution in [1.82, 2.24) is 19.7 Å². The minimum absolute atomic E-state index is 0.265. The molecule has 1 atom stereocenters. The normalized spacial score (nSPS) is 16.1. The molecule has 5 heterocycles. The number of halogens is 1. The third kappa shape index (κ3) is 4.79. The highest BCUT2D eigenvalue weighted by atomic mass is 19.1. The molecule has 0 aliphatic carbocycles. The summed E-state index contributed by atoms with van der Waals surface area (Å²) in [5.74, 6) is -1.05. The molecule has 2 aliphatic heterocycles. The summed E-state index contributed by atoms with van der Waals surface area (Å²) in [6, 6.07) is 3.78. The SMILES string of the molecule is Cc1nc2c(cc(-c3nnc(N4CCCC4)o3)n2C)c(-c2cc(F)c3c(c2C)CCCO3)c1[C@H](OC(C)(C)C)C(=O)O. The van der Waals surface area contributed by atoms with Crippen molar-refractivity contribution in [2.45, 2.75) is 72.0 Å². The number of carboxylic acids is 1. The lowest BCUT2D eigenvalue weighted by atomic mass is 9.86.